The molecule has 128 valence electrons. The second-order valence-electron chi connectivity index (χ2n) is 6.27. The molecule has 6 heteroatoms. The highest BCUT2D eigenvalue weighted by atomic mass is 16.5. The molecule has 1 saturated carbocycles. The zero-order valence-corrected chi connectivity index (χ0v) is 14.1. The second kappa shape index (κ2) is 7.47. The molecule has 1 aromatic carbocycles. The molecule has 2 aromatic rings. The summed E-state index contributed by atoms with van der Waals surface area (Å²) in [5, 5.41) is 7.52. The lowest BCUT2D eigenvalue weighted by Crippen LogP contribution is -2.44. The number of benzene rings is 1. The van der Waals surface area contributed by atoms with Crippen LogP contribution in [0.4, 0.5) is 0 Å². The van der Waals surface area contributed by atoms with Gasteiger partial charge in [-0.1, -0.05) is 19.3 Å². The van der Waals surface area contributed by atoms with E-state index in [-0.39, 0.29) is 5.91 Å². The van der Waals surface area contributed by atoms with Crippen LogP contribution in [-0.2, 0) is 4.79 Å². The Morgan fingerprint density at radius 2 is 1.96 bits per heavy atom. The summed E-state index contributed by atoms with van der Waals surface area (Å²) in [5.74, 6) is 1.14. The van der Waals surface area contributed by atoms with Gasteiger partial charge in [0.2, 0.25) is 12.3 Å². The molecule has 1 heterocycles. The maximum Gasteiger partial charge on any atom is 0.263 e. The van der Waals surface area contributed by atoms with Crippen molar-refractivity contribution in [3.63, 3.8) is 0 Å². The maximum absolute atomic E-state index is 12.6. The molecule has 1 atom stereocenters. The summed E-state index contributed by atoms with van der Waals surface area (Å²) in [6.07, 6.45) is 6.65. The van der Waals surface area contributed by atoms with E-state index in [1.165, 1.54) is 25.7 Å². The molecule has 1 aliphatic carbocycles. The minimum absolute atomic E-state index is 0.0304. The van der Waals surface area contributed by atoms with Crippen LogP contribution in [0, 0.1) is 0 Å². The largest absolute Gasteiger partial charge is 0.481 e. The Hall–Kier alpha value is -2.37. The highest BCUT2D eigenvalue weighted by molar-refractivity contribution is 5.81. The Bertz CT molecular complexity index is 649. The van der Waals surface area contributed by atoms with Gasteiger partial charge in [0.05, 0.1) is 0 Å². The third kappa shape index (κ3) is 3.75. The second-order valence-corrected chi connectivity index (χ2v) is 6.27. The lowest BCUT2D eigenvalue weighted by molar-refractivity contribution is -0.139. The molecule has 1 aliphatic rings. The van der Waals surface area contributed by atoms with Crippen LogP contribution in [0.5, 0.6) is 5.75 Å². The van der Waals surface area contributed by atoms with E-state index in [9.17, 15) is 4.79 Å². The topological polar surface area (TPSA) is 68.5 Å². The number of rotatable bonds is 5. The molecule has 1 unspecified atom stereocenters. The van der Waals surface area contributed by atoms with Gasteiger partial charge in [-0.3, -0.25) is 4.79 Å². The first kappa shape index (κ1) is 16.5. The number of carbonyl (C=O) groups is 1. The number of nitrogens with zero attached hydrogens (tertiary/aromatic N) is 3. The van der Waals surface area contributed by atoms with Crippen molar-refractivity contribution in [2.24, 2.45) is 0 Å². The van der Waals surface area contributed by atoms with Gasteiger partial charge in [0.1, 0.15) is 5.75 Å². The number of ether oxygens (including phenoxy) is 1. The van der Waals surface area contributed by atoms with E-state index in [1.807, 2.05) is 36.2 Å². The Kier molecular flexibility index (Phi) is 5.13. The molecule has 24 heavy (non-hydrogen) atoms. The molecule has 1 fully saturated rings. The fourth-order valence-corrected chi connectivity index (χ4v) is 3.16. The number of aromatic nitrogens is 2. The van der Waals surface area contributed by atoms with Gasteiger partial charge in [-0.25, -0.2) is 0 Å². The van der Waals surface area contributed by atoms with E-state index in [1.54, 1.807) is 6.92 Å². The molecule has 6 nitrogen and oxygen atoms in total. The molecule has 0 saturated heterocycles. The van der Waals surface area contributed by atoms with Crippen molar-refractivity contribution >= 4 is 5.91 Å². The van der Waals surface area contributed by atoms with Crippen molar-refractivity contribution in [3.8, 4) is 17.2 Å². The first-order valence-corrected chi connectivity index (χ1v) is 8.45. The third-order valence-electron chi connectivity index (χ3n) is 4.59. The molecule has 3 rings (SSSR count). The van der Waals surface area contributed by atoms with Gasteiger partial charge in [0, 0.05) is 18.7 Å². The first-order chi connectivity index (χ1) is 11.6. The summed E-state index contributed by atoms with van der Waals surface area (Å²) in [4.78, 5) is 14.4. The van der Waals surface area contributed by atoms with E-state index >= 15 is 0 Å². The van der Waals surface area contributed by atoms with Crippen molar-refractivity contribution < 1.29 is 13.9 Å². The van der Waals surface area contributed by atoms with Crippen molar-refractivity contribution in [2.45, 2.75) is 51.2 Å². The summed E-state index contributed by atoms with van der Waals surface area (Å²) in [6, 6.07) is 7.64. The highest BCUT2D eigenvalue weighted by Gasteiger charge is 2.26. The SMILES string of the molecule is CC(Oc1ccc(-c2nnco2)cc1)C(=O)N(C)C1CCCCC1. The van der Waals surface area contributed by atoms with Gasteiger partial charge in [0.25, 0.3) is 5.91 Å². The molecule has 1 aromatic heterocycles. The number of hydrogen-bond donors (Lipinski definition) is 0. The quantitative estimate of drug-likeness (QED) is 0.842. The smallest absolute Gasteiger partial charge is 0.263 e. The normalized spacial score (nSPS) is 16.6. The molecule has 0 aliphatic heterocycles. The van der Waals surface area contributed by atoms with Crippen LogP contribution in [-0.4, -0.2) is 40.2 Å². The van der Waals surface area contributed by atoms with Crippen molar-refractivity contribution in [2.75, 3.05) is 7.05 Å². The lowest BCUT2D eigenvalue weighted by atomic mass is 9.94. The molecular formula is C18H23N3O3. The van der Waals surface area contributed by atoms with Gasteiger partial charge >= 0.3 is 0 Å². The van der Waals surface area contributed by atoms with Crippen LogP contribution < -0.4 is 4.74 Å². The van der Waals surface area contributed by atoms with Gasteiger partial charge < -0.3 is 14.1 Å². The minimum atomic E-state index is -0.508. The lowest BCUT2D eigenvalue weighted by Gasteiger charge is -2.32. The van der Waals surface area contributed by atoms with Gasteiger partial charge in [-0.15, -0.1) is 10.2 Å². The predicted molar refractivity (Wildman–Crippen MR) is 89.5 cm³/mol. The molecule has 0 spiro atoms. The van der Waals surface area contributed by atoms with E-state index in [0.29, 0.717) is 17.7 Å². The monoisotopic (exact) mass is 329 g/mol. The van der Waals surface area contributed by atoms with Crippen molar-refractivity contribution in [3.05, 3.63) is 30.7 Å². The number of hydrogen-bond acceptors (Lipinski definition) is 5. The van der Waals surface area contributed by atoms with Gasteiger partial charge in [-0.2, -0.15) is 0 Å². The molecule has 0 N–H and O–H groups in total. The average molecular weight is 329 g/mol. The number of carbonyl (C=O) groups excluding carboxylic acids is 1. The molecular weight excluding hydrogens is 306 g/mol. The third-order valence-corrected chi connectivity index (χ3v) is 4.59. The first-order valence-electron chi connectivity index (χ1n) is 8.45. The van der Waals surface area contributed by atoms with E-state index < -0.39 is 6.10 Å². The number of likely N-dealkylation sites (N-methyl/N-ethyl adjacent to an activating group) is 1. The van der Waals surface area contributed by atoms with E-state index in [0.717, 1.165) is 18.4 Å². The van der Waals surface area contributed by atoms with Crippen LogP contribution in [0.3, 0.4) is 0 Å². The summed E-state index contributed by atoms with van der Waals surface area (Å²) >= 11 is 0. The Morgan fingerprint density at radius 3 is 2.58 bits per heavy atom. The fourth-order valence-electron chi connectivity index (χ4n) is 3.16. The maximum atomic E-state index is 12.6. The van der Waals surface area contributed by atoms with Crippen LogP contribution >= 0.6 is 0 Å². The summed E-state index contributed by atoms with van der Waals surface area (Å²) in [7, 11) is 1.89. The average Bonchev–Trinajstić information content (AvgIpc) is 3.16. The van der Waals surface area contributed by atoms with Crippen molar-refractivity contribution in [1.82, 2.24) is 15.1 Å². The van der Waals surface area contributed by atoms with E-state index in [2.05, 4.69) is 10.2 Å². The van der Waals surface area contributed by atoms with Crippen LogP contribution in [0.1, 0.15) is 39.0 Å². The van der Waals surface area contributed by atoms with Gasteiger partial charge in [-0.05, 0) is 44.0 Å². The summed E-state index contributed by atoms with van der Waals surface area (Å²) in [6.45, 7) is 1.80. The summed E-state index contributed by atoms with van der Waals surface area (Å²) < 4.78 is 11.0. The zero-order valence-electron chi connectivity index (χ0n) is 14.1. The fraction of sp³-hybridized carbons (Fsp3) is 0.500. The Morgan fingerprint density at radius 1 is 1.25 bits per heavy atom. The highest BCUT2D eigenvalue weighted by Crippen LogP contribution is 2.24. The summed E-state index contributed by atoms with van der Waals surface area (Å²) in [5.41, 5.74) is 0.818. The van der Waals surface area contributed by atoms with E-state index in [4.69, 9.17) is 9.15 Å². The molecule has 1 amide bonds. The molecule has 0 bridgehead atoms. The number of amides is 1. The standard InChI is InChI=1S/C18H23N3O3/c1-13(18(22)21(2)15-6-4-3-5-7-15)24-16-10-8-14(9-11-16)17-20-19-12-23-17/h8-13,15H,3-7H2,1-2H3. The Labute approximate surface area is 141 Å². The zero-order chi connectivity index (χ0) is 16.9. The minimum Gasteiger partial charge on any atom is -0.481 e. The van der Waals surface area contributed by atoms with Crippen LogP contribution in [0.25, 0.3) is 11.5 Å². The van der Waals surface area contributed by atoms with Gasteiger partial charge in [0.15, 0.2) is 6.10 Å². The van der Waals surface area contributed by atoms with Crippen LogP contribution in [0.15, 0.2) is 35.1 Å². The van der Waals surface area contributed by atoms with Crippen LogP contribution in [0.2, 0.25) is 0 Å². The Balaban J connectivity index is 1.59. The molecule has 0 radical (unpaired) electrons. The predicted octanol–water partition coefficient (Wildman–Crippen LogP) is 3.30. The van der Waals surface area contributed by atoms with Crippen molar-refractivity contribution in [1.29, 1.82) is 0 Å².